The van der Waals surface area contributed by atoms with Crippen molar-refractivity contribution in [2.24, 2.45) is 0 Å². The smallest absolute Gasteiger partial charge is 0.0869 e. The Morgan fingerprint density at radius 1 is 1.17 bits per heavy atom. The molecule has 0 amide bonds. The monoisotopic (exact) mass is 217 g/mol. The summed E-state index contributed by atoms with van der Waals surface area (Å²) in [5.41, 5.74) is 5.63. The average Bonchev–Trinajstić information content (AvgIpc) is 2.29. The summed E-state index contributed by atoms with van der Waals surface area (Å²) >= 11 is 13.2. The number of hydrogen-bond donors (Lipinski definition) is 1. The molecule has 2 N–H and O–H groups in total. The topological polar surface area (TPSA) is 26.0 Å². The molecule has 62 valence electrons. The molecule has 2 aromatic rings. The van der Waals surface area contributed by atoms with E-state index in [1.54, 1.807) is 6.07 Å². The largest absolute Gasteiger partial charge is 0.391 e. The van der Waals surface area contributed by atoms with Crippen LogP contribution in [0.5, 0.6) is 0 Å². The number of thiophene rings is 1. The molecule has 0 aliphatic rings. The highest BCUT2D eigenvalue weighted by atomic mass is 35.5. The molecule has 0 saturated heterocycles. The molecule has 0 atom stereocenters. The van der Waals surface area contributed by atoms with E-state index in [9.17, 15) is 0 Å². The van der Waals surface area contributed by atoms with Crippen molar-refractivity contribution >= 4 is 49.6 Å². The highest BCUT2D eigenvalue weighted by molar-refractivity contribution is 7.23. The van der Waals surface area contributed by atoms with Gasteiger partial charge in [0.15, 0.2) is 0 Å². The van der Waals surface area contributed by atoms with Crippen molar-refractivity contribution in [2.45, 2.75) is 0 Å². The van der Waals surface area contributed by atoms with E-state index in [4.69, 9.17) is 28.9 Å². The van der Waals surface area contributed by atoms with Gasteiger partial charge in [0.25, 0.3) is 0 Å². The Bertz CT molecular complexity index is 436. The molecule has 12 heavy (non-hydrogen) atoms. The van der Waals surface area contributed by atoms with E-state index in [0.717, 1.165) is 15.1 Å². The second-order valence-electron chi connectivity index (χ2n) is 2.45. The predicted molar refractivity (Wildman–Crippen MR) is 56.3 cm³/mol. The molecule has 1 heterocycles. The lowest BCUT2D eigenvalue weighted by molar-refractivity contribution is 1.84. The lowest BCUT2D eigenvalue weighted by Crippen LogP contribution is -1.72. The number of nitrogens with two attached hydrogens (primary N) is 1. The van der Waals surface area contributed by atoms with Gasteiger partial charge in [-0.15, -0.1) is 11.3 Å². The van der Waals surface area contributed by atoms with Crippen LogP contribution in [0.1, 0.15) is 0 Å². The first kappa shape index (κ1) is 8.17. The third-order valence-electron chi connectivity index (χ3n) is 1.55. The SMILES string of the molecule is Nc1cc2cc(Cl)cc(Cl)c2s1. The Kier molecular flexibility index (Phi) is 1.91. The van der Waals surface area contributed by atoms with Crippen LogP contribution in [0, 0.1) is 0 Å². The minimum absolute atomic E-state index is 0.644. The maximum absolute atomic E-state index is 5.95. The maximum atomic E-state index is 5.95. The van der Waals surface area contributed by atoms with Crippen LogP contribution < -0.4 is 5.73 Å². The Morgan fingerprint density at radius 2 is 1.92 bits per heavy atom. The zero-order valence-electron chi connectivity index (χ0n) is 5.97. The third-order valence-corrected chi connectivity index (χ3v) is 3.20. The molecule has 0 unspecified atom stereocenters. The first-order valence-corrected chi connectivity index (χ1v) is 4.88. The quantitative estimate of drug-likeness (QED) is 0.715. The normalized spacial score (nSPS) is 10.8. The van der Waals surface area contributed by atoms with Gasteiger partial charge in [0.1, 0.15) is 0 Å². The van der Waals surface area contributed by atoms with E-state index in [2.05, 4.69) is 0 Å². The van der Waals surface area contributed by atoms with Gasteiger partial charge in [0.2, 0.25) is 0 Å². The molecule has 1 aromatic heterocycles. The molecule has 4 heteroatoms. The Morgan fingerprint density at radius 3 is 2.67 bits per heavy atom. The minimum atomic E-state index is 0.644. The average molecular weight is 218 g/mol. The Labute approximate surface area is 83.7 Å². The van der Waals surface area contributed by atoms with Crippen molar-refractivity contribution in [1.29, 1.82) is 0 Å². The fourth-order valence-corrected chi connectivity index (χ4v) is 2.53. The van der Waals surface area contributed by atoms with Gasteiger partial charge >= 0.3 is 0 Å². The first-order valence-electron chi connectivity index (χ1n) is 3.31. The van der Waals surface area contributed by atoms with E-state index in [1.165, 1.54) is 11.3 Å². The number of rotatable bonds is 0. The van der Waals surface area contributed by atoms with Crippen LogP contribution in [0.15, 0.2) is 18.2 Å². The lowest BCUT2D eigenvalue weighted by Gasteiger charge is -1.93. The molecule has 0 aliphatic carbocycles. The molecule has 0 spiro atoms. The first-order chi connectivity index (χ1) is 5.66. The molecule has 0 bridgehead atoms. The summed E-state index contributed by atoms with van der Waals surface area (Å²) in [6, 6.07) is 5.45. The van der Waals surface area contributed by atoms with Crippen LogP contribution in [-0.2, 0) is 0 Å². The number of fused-ring (bicyclic) bond motifs is 1. The summed E-state index contributed by atoms with van der Waals surface area (Å²) in [6.07, 6.45) is 0. The Hall–Kier alpha value is -0.440. The van der Waals surface area contributed by atoms with Gasteiger partial charge in [-0.3, -0.25) is 0 Å². The number of nitrogen functional groups attached to an aromatic ring is 1. The van der Waals surface area contributed by atoms with Gasteiger partial charge in [-0.1, -0.05) is 23.2 Å². The van der Waals surface area contributed by atoms with Crippen LogP contribution in [0.3, 0.4) is 0 Å². The predicted octanol–water partition coefficient (Wildman–Crippen LogP) is 3.79. The van der Waals surface area contributed by atoms with Crippen molar-refractivity contribution in [3.63, 3.8) is 0 Å². The molecule has 0 radical (unpaired) electrons. The highest BCUT2D eigenvalue weighted by Crippen LogP contribution is 2.35. The maximum Gasteiger partial charge on any atom is 0.0869 e. The molecule has 1 aromatic carbocycles. The summed E-state index contributed by atoms with van der Waals surface area (Å²) in [7, 11) is 0. The molecule has 1 nitrogen and oxygen atoms in total. The second-order valence-corrected chi connectivity index (χ2v) is 4.38. The number of hydrogen-bond acceptors (Lipinski definition) is 2. The lowest BCUT2D eigenvalue weighted by atomic mass is 10.3. The fraction of sp³-hybridized carbons (Fsp3) is 0. The van der Waals surface area contributed by atoms with Crippen LogP contribution >= 0.6 is 34.5 Å². The van der Waals surface area contributed by atoms with Crippen LogP contribution in [0.25, 0.3) is 10.1 Å². The molecular weight excluding hydrogens is 213 g/mol. The molecule has 0 fully saturated rings. The summed E-state index contributed by atoms with van der Waals surface area (Å²) in [6.45, 7) is 0. The van der Waals surface area contributed by atoms with Gasteiger partial charge < -0.3 is 5.73 Å². The van der Waals surface area contributed by atoms with Crippen molar-refractivity contribution in [1.82, 2.24) is 0 Å². The van der Waals surface area contributed by atoms with Crippen molar-refractivity contribution in [3.05, 3.63) is 28.2 Å². The van der Waals surface area contributed by atoms with E-state index < -0.39 is 0 Å². The zero-order chi connectivity index (χ0) is 8.72. The summed E-state index contributed by atoms with van der Waals surface area (Å²) in [4.78, 5) is 0. The minimum Gasteiger partial charge on any atom is -0.391 e. The number of halogens is 2. The van der Waals surface area contributed by atoms with E-state index in [-0.39, 0.29) is 0 Å². The molecule has 2 rings (SSSR count). The van der Waals surface area contributed by atoms with Crippen molar-refractivity contribution in [2.75, 3.05) is 5.73 Å². The van der Waals surface area contributed by atoms with E-state index in [1.807, 2.05) is 12.1 Å². The van der Waals surface area contributed by atoms with E-state index >= 15 is 0 Å². The second kappa shape index (κ2) is 2.80. The van der Waals surface area contributed by atoms with Gasteiger partial charge in [-0.2, -0.15) is 0 Å². The van der Waals surface area contributed by atoms with Crippen LogP contribution in [-0.4, -0.2) is 0 Å². The highest BCUT2D eigenvalue weighted by Gasteiger charge is 2.04. The number of anilines is 1. The van der Waals surface area contributed by atoms with Crippen LogP contribution in [0.2, 0.25) is 10.0 Å². The zero-order valence-corrected chi connectivity index (χ0v) is 8.30. The summed E-state index contributed by atoms with van der Waals surface area (Å²) in [5, 5.41) is 3.08. The van der Waals surface area contributed by atoms with E-state index in [0.29, 0.717) is 10.0 Å². The summed E-state index contributed by atoms with van der Waals surface area (Å²) in [5.74, 6) is 0. The van der Waals surface area contributed by atoms with Gasteiger partial charge in [0, 0.05) is 5.02 Å². The molecular formula is C8H5Cl2NS. The van der Waals surface area contributed by atoms with Gasteiger partial charge in [0.05, 0.1) is 14.7 Å². The van der Waals surface area contributed by atoms with Crippen molar-refractivity contribution < 1.29 is 0 Å². The van der Waals surface area contributed by atoms with Crippen LogP contribution in [0.4, 0.5) is 5.00 Å². The van der Waals surface area contributed by atoms with Crippen molar-refractivity contribution in [3.8, 4) is 0 Å². The standard InChI is InChI=1S/C8H5Cl2NS/c9-5-1-4-2-7(11)12-8(4)6(10)3-5/h1-3H,11H2. The molecule has 0 saturated carbocycles. The fourth-order valence-electron chi connectivity index (χ4n) is 1.10. The summed E-state index contributed by atoms with van der Waals surface area (Å²) < 4.78 is 0.999. The number of benzene rings is 1. The Balaban J connectivity index is 2.88. The van der Waals surface area contributed by atoms with Gasteiger partial charge in [-0.25, -0.2) is 0 Å². The molecule has 0 aliphatic heterocycles. The van der Waals surface area contributed by atoms with Gasteiger partial charge in [-0.05, 0) is 23.6 Å². The third kappa shape index (κ3) is 1.26.